The number of aliphatic imine (C=N–C) groups is 1. The number of rotatable bonds is 13. The Balaban J connectivity index is 0. The molecule has 0 bridgehead atoms. The van der Waals surface area contributed by atoms with Crippen LogP contribution >= 0.6 is 0 Å². The van der Waals surface area contributed by atoms with Crippen LogP contribution in [0, 0.1) is 0 Å². The summed E-state index contributed by atoms with van der Waals surface area (Å²) < 4.78 is 0. The number of unbranched alkanes of at least 4 members (excludes halogenated alkanes) is 1. The van der Waals surface area contributed by atoms with Crippen molar-refractivity contribution in [2.45, 2.75) is 57.2 Å². The molecule has 0 aliphatic heterocycles. The molecule has 0 aliphatic rings. The minimum Gasteiger partial charge on any atom is -0.480 e. The maximum Gasteiger partial charge on any atom is 2.00 e. The largest absolute Gasteiger partial charge is 2.00 e. The van der Waals surface area contributed by atoms with Crippen molar-refractivity contribution in [3.63, 3.8) is 0 Å². The van der Waals surface area contributed by atoms with Gasteiger partial charge in [0.2, 0.25) is 11.8 Å². The summed E-state index contributed by atoms with van der Waals surface area (Å²) in [6.45, 7) is 2.20. The molecule has 0 heterocycles. The zero-order chi connectivity index (χ0) is 20.1. The molecule has 11 nitrogen and oxygen atoms in total. The van der Waals surface area contributed by atoms with Gasteiger partial charge in [-0.2, -0.15) is 0 Å². The Morgan fingerprint density at radius 3 is 2.04 bits per heavy atom. The summed E-state index contributed by atoms with van der Waals surface area (Å²) in [5.41, 5.74) is 21.4. The fourth-order valence-electron chi connectivity index (χ4n) is 2.10. The standard InChI is InChI=1S/C15H31N7O4.Cu/c1-9(17)12(23)21-10(6-4-8-20-15(18)19)13(24)22-11(14(25)26)5-2-3-7-16;/h9-11H,2-8,16-17H2,1H3,(H,21,23)(H,22,24)(H,25,26)(H4,18,19,20);/q;+2. The molecule has 0 aromatic carbocycles. The summed E-state index contributed by atoms with van der Waals surface area (Å²) in [6.07, 6.45) is 2.12. The van der Waals surface area contributed by atoms with Crippen molar-refractivity contribution in [1.29, 1.82) is 0 Å². The van der Waals surface area contributed by atoms with Gasteiger partial charge < -0.3 is 38.7 Å². The predicted molar refractivity (Wildman–Crippen MR) is 98.0 cm³/mol. The van der Waals surface area contributed by atoms with E-state index in [4.69, 9.17) is 22.9 Å². The van der Waals surface area contributed by atoms with Gasteiger partial charge in [-0.25, -0.2) is 4.79 Å². The summed E-state index contributed by atoms with van der Waals surface area (Å²) in [7, 11) is 0. The van der Waals surface area contributed by atoms with Crippen molar-refractivity contribution in [3.8, 4) is 0 Å². The summed E-state index contributed by atoms with van der Waals surface area (Å²) in [5.74, 6) is -2.32. The predicted octanol–water partition coefficient (Wildman–Crippen LogP) is -2.43. The van der Waals surface area contributed by atoms with Gasteiger partial charge in [-0.15, -0.1) is 0 Å². The first kappa shape index (κ1) is 27.3. The topological polar surface area (TPSA) is 212 Å². The first-order valence-electron chi connectivity index (χ1n) is 8.53. The minimum atomic E-state index is -1.15. The van der Waals surface area contributed by atoms with E-state index in [9.17, 15) is 19.5 Å². The van der Waals surface area contributed by atoms with E-state index in [2.05, 4.69) is 15.6 Å². The van der Waals surface area contributed by atoms with Gasteiger partial charge in [0.25, 0.3) is 0 Å². The van der Waals surface area contributed by atoms with Crippen LogP contribution in [0.1, 0.15) is 39.0 Å². The van der Waals surface area contributed by atoms with Gasteiger partial charge in [-0.1, -0.05) is 0 Å². The smallest absolute Gasteiger partial charge is 0.480 e. The Hall–Kier alpha value is -1.88. The van der Waals surface area contributed by atoms with Crippen LogP contribution in [0.3, 0.4) is 0 Å². The van der Waals surface area contributed by atoms with E-state index >= 15 is 0 Å². The number of nitrogens with zero attached hydrogens (tertiary/aromatic N) is 1. The number of aliphatic carboxylic acids is 1. The van der Waals surface area contributed by atoms with E-state index in [0.717, 1.165) is 0 Å². The van der Waals surface area contributed by atoms with Gasteiger partial charge in [-0.3, -0.25) is 14.6 Å². The fourth-order valence-corrected chi connectivity index (χ4v) is 2.10. The Kier molecular flexibility index (Phi) is 15.4. The van der Waals surface area contributed by atoms with E-state index < -0.39 is 35.9 Å². The summed E-state index contributed by atoms with van der Waals surface area (Å²) in [5, 5.41) is 14.2. The third kappa shape index (κ3) is 13.0. The maximum atomic E-state index is 12.4. The molecule has 0 saturated carbocycles. The second-order valence-electron chi connectivity index (χ2n) is 5.98. The molecule has 3 unspecified atom stereocenters. The molecular weight excluding hydrogens is 406 g/mol. The number of nitrogens with two attached hydrogens (primary N) is 4. The van der Waals surface area contributed by atoms with Gasteiger partial charge in [0, 0.05) is 6.54 Å². The molecule has 0 aliphatic carbocycles. The molecule has 0 rings (SSSR count). The number of carboxylic acid groups (broad SMARTS) is 1. The van der Waals surface area contributed by atoms with E-state index in [1.54, 1.807) is 0 Å². The fraction of sp³-hybridized carbons (Fsp3) is 0.733. The second kappa shape index (κ2) is 15.2. The number of hydrogen-bond acceptors (Lipinski definition) is 6. The third-order valence-corrected chi connectivity index (χ3v) is 3.55. The third-order valence-electron chi connectivity index (χ3n) is 3.55. The van der Waals surface area contributed by atoms with Gasteiger partial charge in [0.1, 0.15) is 12.1 Å². The molecule has 27 heavy (non-hydrogen) atoms. The normalized spacial score (nSPS) is 13.4. The molecule has 2 amide bonds. The van der Waals surface area contributed by atoms with Crippen LogP contribution in [0.4, 0.5) is 0 Å². The molecule has 0 aromatic rings. The van der Waals surface area contributed by atoms with Crippen molar-refractivity contribution in [3.05, 3.63) is 0 Å². The van der Waals surface area contributed by atoms with E-state index in [0.29, 0.717) is 25.8 Å². The van der Waals surface area contributed by atoms with Gasteiger partial charge in [-0.05, 0) is 45.6 Å². The van der Waals surface area contributed by atoms with E-state index in [-0.39, 0.29) is 42.4 Å². The average molecular weight is 437 g/mol. The van der Waals surface area contributed by atoms with Crippen LogP contribution in [0.25, 0.3) is 0 Å². The monoisotopic (exact) mass is 436 g/mol. The SMILES string of the molecule is CC(N)C(=O)NC(CCCN=C(N)N)C(=O)NC(CCCCN)C(=O)O.[Cu+2]. The summed E-state index contributed by atoms with van der Waals surface area (Å²) >= 11 is 0. The number of nitrogens with one attached hydrogen (secondary N) is 2. The number of carbonyl (C=O) groups excluding carboxylic acids is 2. The first-order chi connectivity index (χ1) is 12.2. The number of carboxylic acids is 1. The van der Waals surface area contributed by atoms with Crippen molar-refractivity contribution in [2.75, 3.05) is 13.1 Å². The van der Waals surface area contributed by atoms with Crippen molar-refractivity contribution >= 4 is 23.7 Å². The van der Waals surface area contributed by atoms with Crippen LogP contribution in [-0.4, -0.2) is 60.1 Å². The van der Waals surface area contributed by atoms with Crippen molar-refractivity contribution in [2.24, 2.45) is 27.9 Å². The molecule has 0 aromatic heterocycles. The molecule has 12 heteroatoms. The first-order valence-corrected chi connectivity index (χ1v) is 8.53. The number of amides is 2. The number of carbonyl (C=O) groups is 3. The zero-order valence-corrected chi connectivity index (χ0v) is 16.4. The molecule has 159 valence electrons. The second-order valence-corrected chi connectivity index (χ2v) is 5.98. The number of hydrogen-bond donors (Lipinski definition) is 7. The molecule has 0 spiro atoms. The van der Waals surface area contributed by atoms with Gasteiger partial charge in [0.05, 0.1) is 6.04 Å². The number of guanidine groups is 1. The summed E-state index contributed by atoms with van der Waals surface area (Å²) in [4.78, 5) is 39.4. The van der Waals surface area contributed by atoms with Crippen molar-refractivity contribution in [1.82, 2.24) is 10.6 Å². The van der Waals surface area contributed by atoms with Crippen LogP contribution in [0.2, 0.25) is 0 Å². The van der Waals surface area contributed by atoms with Gasteiger partial charge in [0.15, 0.2) is 5.96 Å². The van der Waals surface area contributed by atoms with Crippen molar-refractivity contribution < 1.29 is 36.6 Å². The molecule has 1 radical (unpaired) electrons. The summed E-state index contributed by atoms with van der Waals surface area (Å²) in [6, 6.07) is -2.79. The molecular formula is C15H31CuN7O4+2. The van der Waals surface area contributed by atoms with Crippen LogP contribution in [0.15, 0.2) is 4.99 Å². The Morgan fingerprint density at radius 2 is 1.56 bits per heavy atom. The van der Waals surface area contributed by atoms with E-state index in [1.165, 1.54) is 6.92 Å². The van der Waals surface area contributed by atoms with Crippen LogP contribution < -0.4 is 33.6 Å². The Morgan fingerprint density at radius 1 is 1.00 bits per heavy atom. The molecule has 0 saturated heterocycles. The van der Waals surface area contributed by atoms with Crippen LogP contribution in [-0.2, 0) is 31.5 Å². The minimum absolute atomic E-state index is 0. The molecule has 11 N–H and O–H groups in total. The molecule has 3 atom stereocenters. The molecule has 0 fully saturated rings. The Bertz CT molecular complexity index is 499. The Labute approximate surface area is 169 Å². The maximum absolute atomic E-state index is 12.4. The average Bonchev–Trinajstić information content (AvgIpc) is 2.55. The quantitative estimate of drug-likeness (QED) is 0.0711. The van der Waals surface area contributed by atoms with Gasteiger partial charge >= 0.3 is 23.0 Å². The van der Waals surface area contributed by atoms with Crippen LogP contribution in [0.5, 0.6) is 0 Å². The zero-order valence-electron chi connectivity index (χ0n) is 15.4. The van der Waals surface area contributed by atoms with E-state index in [1.807, 2.05) is 0 Å².